The second-order valence-corrected chi connectivity index (χ2v) is 13.7. The van der Waals surface area contributed by atoms with Crippen LogP contribution in [0.15, 0.2) is 143 Å². The van der Waals surface area contributed by atoms with E-state index < -0.39 is 0 Å². The number of thiocarbonyl (C=S) groups is 1. The van der Waals surface area contributed by atoms with Crippen molar-refractivity contribution in [3.05, 3.63) is 160 Å². The molecule has 1 aliphatic rings. The summed E-state index contributed by atoms with van der Waals surface area (Å²) in [5.41, 5.74) is 6.90. The van der Waals surface area contributed by atoms with Crippen molar-refractivity contribution in [2.45, 2.75) is 5.92 Å². The predicted octanol–water partition coefficient (Wildman–Crippen LogP) is 10.5. The molecule has 8 heteroatoms. The van der Waals surface area contributed by atoms with Crippen LogP contribution in [0, 0.1) is 0 Å². The molecule has 4 aromatic carbocycles. The molecule has 1 fully saturated rings. The minimum atomic E-state index is -0.0556. The molecule has 0 radical (unpaired) electrons. The number of carbonyl (C=O) groups is 1. The predicted molar refractivity (Wildman–Crippen MR) is 185 cm³/mol. The van der Waals surface area contributed by atoms with E-state index in [1.165, 1.54) is 16.7 Å². The van der Waals surface area contributed by atoms with Gasteiger partial charge < -0.3 is 5.32 Å². The van der Waals surface area contributed by atoms with Crippen molar-refractivity contribution in [1.29, 1.82) is 0 Å². The highest BCUT2D eigenvalue weighted by atomic mass is 32.2. The normalized spacial score (nSPS) is 14.6. The smallest absolute Gasteiger partial charge is 0.243 e. The van der Waals surface area contributed by atoms with Crippen molar-refractivity contribution in [2.24, 2.45) is 10.2 Å². The van der Waals surface area contributed by atoms with E-state index in [4.69, 9.17) is 12.2 Å². The third-order valence-corrected chi connectivity index (χ3v) is 10.3. The Morgan fingerprint density at radius 1 is 0.674 bits per heavy atom. The number of thioether (sulfide) groups is 1. The first kappa shape index (κ1) is 27.6. The van der Waals surface area contributed by atoms with Crippen LogP contribution in [0.2, 0.25) is 0 Å². The van der Waals surface area contributed by atoms with Crippen LogP contribution in [-0.2, 0) is 4.79 Å². The van der Waals surface area contributed by atoms with Crippen LogP contribution < -0.4 is 5.32 Å². The summed E-state index contributed by atoms with van der Waals surface area (Å²) in [6, 6.07) is 43.6. The van der Waals surface area contributed by atoms with Crippen LogP contribution in [0.4, 0.5) is 10.7 Å². The molecule has 2 aromatic heterocycles. The first-order chi connectivity index (χ1) is 21.1. The maximum atomic E-state index is 12.7. The lowest BCUT2D eigenvalue weighted by Gasteiger charge is -2.19. The van der Waals surface area contributed by atoms with Gasteiger partial charge in [-0.2, -0.15) is 0 Å². The topological polar surface area (TPSA) is 53.8 Å². The van der Waals surface area contributed by atoms with Crippen molar-refractivity contribution in [2.75, 3.05) is 0 Å². The zero-order valence-electron chi connectivity index (χ0n) is 22.6. The van der Waals surface area contributed by atoms with E-state index in [1.54, 1.807) is 22.7 Å². The van der Waals surface area contributed by atoms with Gasteiger partial charge in [-0.05, 0) is 58.3 Å². The number of thiophene rings is 2. The Bertz CT molecular complexity index is 1920. The fourth-order valence-electron chi connectivity index (χ4n) is 5.20. The summed E-state index contributed by atoms with van der Waals surface area (Å²) in [6.45, 7) is 0. The Labute approximate surface area is 266 Å². The van der Waals surface area contributed by atoms with Gasteiger partial charge in [0.2, 0.25) is 5.12 Å². The third kappa shape index (κ3) is 5.87. The number of azo groups is 1. The van der Waals surface area contributed by atoms with E-state index in [9.17, 15) is 4.79 Å². The summed E-state index contributed by atoms with van der Waals surface area (Å²) < 4.78 is 2.69. The van der Waals surface area contributed by atoms with Gasteiger partial charge in [0, 0.05) is 25.8 Å². The maximum absolute atomic E-state index is 12.7. The average Bonchev–Trinajstić information content (AvgIpc) is 3.71. The molecule has 0 saturated carbocycles. The summed E-state index contributed by atoms with van der Waals surface area (Å²) in [5, 5.41) is 13.0. The second kappa shape index (κ2) is 12.2. The molecule has 0 bridgehead atoms. The molecule has 1 aliphatic heterocycles. The summed E-state index contributed by atoms with van der Waals surface area (Å²) in [6.07, 6.45) is 0. The van der Waals surface area contributed by atoms with Crippen molar-refractivity contribution >= 4 is 81.8 Å². The number of fused-ring (bicyclic) bond motifs is 1. The van der Waals surface area contributed by atoms with Crippen molar-refractivity contribution in [3.8, 4) is 0 Å². The minimum Gasteiger partial charge on any atom is -0.337 e. The molecule has 3 heterocycles. The highest BCUT2D eigenvalue weighted by molar-refractivity contribution is 8.33. The highest BCUT2D eigenvalue weighted by Gasteiger charge is 2.28. The van der Waals surface area contributed by atoms with Gasteiger partial charge in [-0.3, -0.25) is 4.79 Å². The molecular weight excluding hydrogens is 607 g/mol. The fraction of sp³-hybridized carbons (Fsp3) is 0.0286. The molecule has 1 N–H and O–H groups in total. The molecule has 208 valence electrons. The van der Waals surface area contributed by atoms with Gasteiger partial charge in [0.25, 0.3) is 0 Å². The van der Waals surface area contributed by atoms with E-state index in [0.717, 1.165) is 47.9 Å². The van der Waals surface area contributed by atoms with Crippen molar-refractivity contribution < 1.29 is 4.79 Å². The standard InChI is InChI=1S/C35H23N3OS4/c39-34-33(36-35(40)43-34)32(24-14-8-3-9-15-24)29-20-27-28(41-29)21-30(42-27)38-37-26-18-16-25(17-19-26)31(22-10-4-1-5-11-22)23-12-6-2-7-13-23/h1-21,31H,(H,36,40)/b33-32+,38-37?. The van der Waals surface area contributed by atoms with Crippen LogP contribution in [0.25, 0.3) is 15.0 Å². The third-order valence-electron chi connectivity index (χ3n) is 7.13. The van der Waals surface area contributed by atoms with Crippen LogP contribution in [0.3, 0.4) is 0 Å². The number of nitrogens with one attached hydrogen (secondary N) is 1. The summed E-state index contributed by atoms with van der Waals surface area (Å²) in [4.78, 5) is 13.8. The van der Waals surface area contributed by atoms with Gasteiger partial charge in [-0.25, -0.2) is 0 Å². The Balaban J connectivity index is 1.15. The number of carbonyl (C=O) groups excluding carboxylic acids is 1. The van der Waals surface area contributed by atoms with E-state index in [0.29, 0.717) is 10.0 Å². The number of nitrogens with zero attached hydrogens (tertiary/aromatic N) is 2. The molecule has 4 nitrogen and oxygen atoms in total. The minimum absolute atomic E-state index is 0.0556. The van der Waals surface area contributed by atoms with Crippen LogP contribution >= 0.6 is 46.7 Å². The average molecular weight is 630 g/mol. The number of hydrogen-bond acceptors (Lipinski definition) is 7. The van der Waals surface area contributed by atoms with Crippen LogP contribution in [0.1, 0.15) is 33.0 Å². The molecule has 7 rings (SSSR count). The van der Waals surface area contributed by atoms with Crippen molar-refractivity contribution in [1.82, 2.24) is 5.32 Å². The van der Waals surface area contributed by atoms with Crippen molar-refractivity contribution in [3.63, 3.8) is 0 Å². The first-order valence-corrected chi connectivity index (χ1v) is 16.5. The molecule has 0 unspecified atom stereocenters. The lowest BCUT2D eigenvalue weighted by atomic mass is 9.85. The summed E-state index contributed by atoms with van der Waals surface area (Å²) in [7, 11) is 0. The quantitative estimate of drug-likeness (QED) is 0.0826. The fourth-order valence-corrected chi connectivity index (χ4v) is 8.39. The Hall–Kier alpha value is -4.21. The molecule has 0 spiro atoms. The zero-order valence-corrected chi connectivity index (χ0v) is 25.9. The van der Waals surface area contributed by atoms with Gasteiger partial charge in [-0.1, -0.05) is 115 Å². The SMILES string of the molecule is O=C1SC(=S)N/C1=C(\c1ccccc1)c1cc2sc(N=Nc3ccc(C(c4ccccc4)c4ccccc4)cc3)cc2s1. The van der Waals surface area contributed by atoms with Gasteiger partial charge in [-0.15, -0.1) is 32.9 Å². The van der Waals surface area contributed by atoms with Gasteiger partial charge >= 0.3 is 0 Å². The highest BCUT2D eigenvalue weighted by Crippen LogP contribution is 2.43. The van der Waals surface area contributed by atoms with Crippen LogP contribution in [0.5, 0.6) is 0 Å². The summed E-state index contributed by atoms with van der Waals surface area (Å²) >= 11 is 9.56. The van der Waals surface area contributed by atoms with E-state index >= 15 is 0 Å². The van der Waals surface area contributed by atoms with Gasteiger partial charge in [0.1, 0.15) is 15.0 Å². The molecule has 6 aromatic rings. The van der Waals surface area contributed by atoms with E-state index in [-0.39, 0.29) is 11.0 Å². The van der Waals surface area contributed by atoms with E-state index in [1.807, 2.05) is 54.6 Å². The van der Waals surface area contributed by atoms with E-state index in [2.05, 4.69) is 88.3 Å². The molecule has 0 amide bonds. The molecular formula is C35H23N3OS4. The lowest BCUT2D eigenvalue weighted by molar-refractivity contribution is -0.107. The monoisotopic (exact) mass is 629 g/mol. The largest absolute Gasteiger partial charge is 0.337 e. The number of hydrogen-bond donors (Lipinski definition) is 1. The number of benzene rings is 4. The zero-order chi connectivity index (χ0) is 29.2. The maximum Gasteiger partial charge on any atom is 0.243 e. The lowest BCUT2D eigenvalue weighted by Crippen LogP contribution is -2.13. The van der Waals surface area contributed by atoms with Crippen LogP contribution in [-0.4, -0.2) is 9.44 Å². The Morgan fingerprint density at radius 2 is 1.26 bits per heavy atom. The first-order valence-electron chi connectivity index (χ1n) is 13.6. The second-order valence-electron chi connectivity index (χ2n) is 9.89. The molecule has 43 heavy (non-hydrogen) atoms. The Kier molecular flexibility index (Phi) is 7.82. The number of rotatable bonds is 7. The molecule has 0 aliphatic carbocycles. The van der Waals surface area contributed by atoms with Gasteiger partial charge in [0.05, 0.1) is 5.69 Å². The summed E-state index contributed by atoms with van der Waals surface area (Å²) in [5.74, 6) is 0.145. The Morgan fingerprint density at radius 3 is 1.84 bits per heavy atom. The molecule has 1 saturated heterocycles. The van der Waals surface area contributed by atoms with Gasteiger partial charge in [0.15, 0.2) is 0 Å². The molecule has 0 atom stereocenters.